The van der Waals surface area contributed by atoms with Gasteiger partial charge in [-0.1, -0.05) is 0 Å². The number of aryl methyl sites for hydroxylation is 1. The standard InChI is InChI=1S/C9H8N4O2/c1-13-3-6(12-5-14)7-8(13)9(15-2)11-4-10-7/h3-4H,1-2H3. The number of hydrogen-bond donors (Lipinski definition) is 0. The molecule has 0 bridgehead atoms. The van der Waals surface area contributed by atoms with Gasteiger partial charge in [-0.25, -0.2) is 9.78 Å². The molecule has 0 amide bonds. The summed E-state index contributed by atoms with van der Waals surface area (Å²) in [5.74, 6) is 0.454. The number of methoxy groups -OCH3 is 1. The van der Waals surface area contributed by atoms with Crippen LogP contribution in [0.2, 0.25) is 0 Å². The predicted molar refractivity (Wildman–Crippen MR) is 52.8 cm³/mol. The van der Waals surface area contributed by atoms with Gasteiger partial charge >= 0.3 is 0 Å². The van der Waals surface area contributed by atoms with Gasteiger partial charge in [0.2, 0.25) is 12.0 Å². The van der Waals surface area contributed by atoms with Crippen molar-refractivity contribution in [3.8, 4) is 5.88 Å². The van der Waals surface area contributed by atoms with Crippen LogP contribution in [-0.4, -0.2) is 27.7 Å². The van der Waals surface area contributed by atoms with Gasteiger partial charge in [0.1, 0.15) is 23.0 Å². The molecule has 0 unspecified atom stereocenters. The van der Waals surface area contributed by atoms with Crippen LogP contribution in [0, 0.1) is 0 Å². The smallest absolute Gasteiger partial charge is 0.241 e. The fourth-order valence-electron chi connectivity index (χ4n) is 1.46. The Kier molecular flexibility index (Phi) is 2.19. The van der Waals surface area contributed by atoms with Crippen molar-refractivity contribution >= 4 is 22.8 Å². The first-order valence-corrected chi connectivity index (χ1v) is 4.20. The summed E-state index contributed by atoms with van der Waals surface area (Å²) in [6.45, 7) is 0. The lowest BCUT2D eigenvalue weighted by molar-refractivity contribution is 0.400. The van der Waals surface area contributed by atoms with E-state index in [0.717, 1.165) is 0 Å². The molecule has 2 aromatic heterocycles. The maximum absolute atomic E-state index is 10.2. The van der Waals surface area contributed by atoms with E-state index in [1.165, 1.54) is 19.5 Å². The molecule has 0 aliphatic carbocycles. The van der Waals surface area contributed by atoms with Crippen molar-refractivity contribution in [1.29, 1.82) is 0 Å². The first-order chi connectivity index (χ1) is 7.27. The molecule has 0 aromatic carbocycles. The Hall–Kier alpha value is -2.20. The van der Waals surface area contributed by atoms with Gasteiger partial charge in [-0.2, -0.15) is 9.98 Å². The van der Waals surface area contributed by atoms with Crippen molar-refractivity contribution in [2.45, 2.75) is 0 Å². The van der Waals surface area contributed by atoms with Gasteiger partial charge in [0.15, 0.2) is 0 Å². The van der Waals surface area contributed by atoms with Crippen molar-refractivity contribution in [1.82, 2.24) is 14.5 Å². The highest BCUT2D eigenvalue weighted by Gasteiger charge is 2.12. The second-order valence-electron chi connectivity index (χ2n) is 2.91. The van der Waals surface area contributed by atoms with E-state index in [9.17, 15) is 4.79 Å². The molecule has 2 aromatic rings. The molecule has 0 spiro atoms. The maximum Gasteiger partial charge on any atom is 0.241 e. The molecular formula is C9H8N4O2. The number of rotatable bonds is 2. The predicted octanol–water partition coefficient (Wildman–Crippen LogP) is 0.944. The Labute approximate surface area is 85.2 Å². The Morgan fingerprint density at radius 2 is 2.33 bits per heavy atom. The number of ether oxygens (including phenoxy) is 1. The van der Waals surface area contributed by atoms with E-state index >= 15 is 0 Å². The molecule has 0 N–H and O–H groups in total. The minimum Gasteiger partial charge on any atom is -0.479 e. The van der Waals surface area contributed by atoms with Gasteiger partial charge in [0, 0.05) is 13.2 Å². The molecule has 15 heavy (non-hydrogen) atoms. The molecule has 76 valence electrons. The first kappa shape index (κ1) is 9.36. The van der Waals surface area contributed by atoms with Crippen molar-refractivity contribution in [3.63, 3.8) is 0 Å². The molecule has 0 aliphatic heterocycles. The number of carbonyl (C=O) groups excluding carboxylic acids is 1. The zero-order chi connectivity index (χ0) is 10.8. The summed E-state index contributed by atoms with van der Waals surface area (Å²) in [6.07, 6.45) is 4.53. The summed E-state index contributed by atoms with van der Waals surface area (Å²) in [6, 6.07) is 0. The molecule has 2 rings (SSSR count). The molecule has 0 saturated carbocycles. The van der Waals surface area contributed by atoms with Crippen LogP contribution in [0.4, 0.5) is 5.69 Å². The van der Waals surface area contributed by atoms with Crippen LogP contribution < -0.4 is 4.74 Å². The van der Waals surface area contributed by atoms with Crippen LogP contribution in [0.15, 0.2) is 17.5 Å². The highest BCUT2D eigenvalue weighted by molar-refractivity contribution is 5.91. The van der Waals surface area contributed by atoms with Crippen LogP contribution in [0.5, 0.6) is 5.88 Å². The van der Waals surface area contributed by atoms with Crippen LogP contribution in [0.3, 0.4) is 0 Å². The second kappa shape index (κ2) is 3.51. The number of nitrogens with zero attached hydrogens (tertiary/aromatic N) is 4. The fraction of sp³-hybridized carbons (Fsp3) is 0.222. The SMILES string of the molecule is COc1ncnc2c(N=C=O)cn(C)c12. The minimum atomic E-state index is 0.454. The summed E-state index contributed by atoms with van der Waals surface area (Å²) in [7, 11) is 3.33. The third-order valence-corrected chi connectivity index (χ3v) is 2.06. The molecule has 0 aliphatic rings. The van der Waals surface area contributed by atoms with Gasteiger partial charge in [-0.15, -0.1) is 0 Å². The van der Waals surface area contributed by atoms with Gasteiger partial charge in [0.05, 0.1) is 7.11 Å². The maximum atomic E-state index is 10.2. The van der Waals surface area contributed by atoms with Gasteiger partial charge < -0.3 is 9.30 Å². The quantitative estimate of drug-likeness (QED) is 0.539. The Balaban J connectivity index is 2.84. The van der Waals surface area contributed by atoms with Crippen LogP contribution in [0.25, 0.3) is 11.0 Å². The lowest BCUT2D eigenvalue weighted by Crippen LogP contribution is -1.93. The molecular weight excluding hydrogens is 196 g/mol. The number of fused-ring (bicyclic) bond motifs is 1. The summed E-state index contributed by atoms with van der Waals surface area (Å²) in [5.41, 5.74) is 1.74. The van der Waals surface area contributed by atoms with Gasteiger partial charge in [0.25, 0.3) is 0 Å². The third-order valence-electron chi connectivity index (χ3n) is 2.06. The highest BCUT2D eigenvalue weighted by atomic mass is 16.5. The monoisotopic (exact) mass is 204 g/mol. The Morgan fingerprint density at radius 3 is 3.00 bits per heavy atom. The molecule has 0 saturated heterocycles. The van der Waals surface area contributed by atoms with E-state index in [1.54, 1.807) is 17.8 Å². The van der Waals surface area contributed by atoms with E-state index in [1.807, 2.05) is 0 Å². The second-order valence-corrected chi connectivity index (χ2v) is 2.91. The topological polar surface area (TPSA) is 69.4 Å². The summed E-state index contributed by atoms with van der Waals surface area (Å²) in [4.78, 5) is 21.8. The number of hydrogen-bond acceptors (Lipinski definition) is 5. The van der Waals surface area contributed by atoms with Crippen LogP contribution in [0.1, 0.15) is 0 Å². The Bertz CT molecular complexity index is 554. The average Bonchev–Trinajstić information content (AvgIpc) is 2.57. The molecule has 0 radical (unpaired) electrons. The minimum absolute atomic E-state index is 0.454. The normalized spacial score (nSPS) is 10.0. The molecule has 6 nitrogen and oxygen atoms in total. The first-order valence-electron chi connectivity index (χ1n) is 4.20. The van der Waals surface area contributed by atoms with Crippen molar-refractivity contribution < 1.29 is 9.53 Å². The van der Waals surface area contributed by atoms with Crippen molar-refractivity contribution in [2.75, 3.05) is 7.11 Å². The zero-order valence-electron chi connectivity index (χ0n) is 8.26. The van der Waals surface area contributed by atoms with E-state index in [2.05, 4.69) is 15.0 Å². The van der Waals surface area contributed by atoms with Crippen LogP contribution in [-0.2, 0) is 11.8 Å². The highest BCUT2D eigenvalue weighted by Crippen LogP contribution is 2.29. The van der Waals surface area contributed by atoms with Crippen molar-refractivity contribution in [3.05, 3.63) is 12.5 Å². The molecule has 2 heterocycles. The van der Waals surface area contributed by atoms with Gasteiger partial charge in [-0.05, 0) is 0 Å². The third kappa shape index (κ3) is 1.37. The molecule has 0 fully saturated rings. The van der Waals surface area contributed by atoms with E-state index in [0.29, 0.717) is 22.6 Å². The van der Waals surface area contributed by atoms with E-state index < -0.39 is 0 Å². The zero-order valence-corrected chi connectivity index (χ0v) is 8.26. The summed E-state index contributed by atoms with van der Waals surface area (Å²) in [5, 5.41) is 0. The lowest BCUT2D eigenvalue weighted by atomic mass is 10.4. The molecule has 6 heteroatoms. The number of isocyanates is 1. The average molecular weight is 204 g/mol. The summed E-state index contributed by atoms with van der Waals surface area (Å²) < 4.78 is 6.84. The van der Waals surface area contributed by atoms with Crippen molar-refractivity contribution in [2.24, 2.45) is 12.0 Å². The van der Waals surface area contributed by atoms with Gasteiger partial charge in [-0.3, -0.25) is 0 Å². The van der Waals surface area contributed by atoms with E-state index in [-0.39, 0.29) is 0 Å². The van der Waals surface area contributed by atoms with Crippen LogP contribution >= 0.6 is 0 Å². The Morgan fingerprint density at radius 1 is 1.53 bits per heavy atom. The van der Waals surface area contributed by atoms with E-state index in [4.69, 9.17) is 4.74 Å². The number of aromatic nitrogens is 3. The lowest BCUT2D eigenvalue weighted by Gasteiger charge is -2.01. The molecule has 0 atom stereocenters. The fourth-order valence-corrected chi connectivity index (χ4v) is 1.46. The largest absolute Gasteiger partial charge is 0.479 e. The number of aliphatic imine (C=N–C) groups is 1. The summed E-state index contributed by atoms with van der Waals surface area (Å²) >= 11 is 0.